The van der Waals surface area contributed by atoms with Crippen molar-refractivity contribution >= 4 is 23.3 Å². The summed E-state index contributed by atoms with van der Waals surface area (Å²) < 4.78 is 0. The first-order valence-corrected chi connectivity index (χ1v) is 6.81. The first-order valence-electron chi connectivity index (χ1n) is 5.93. The Labute approximate surface area is 109 Å². The molecule has 1 aliphatic rings. The normalized spacial score (nSPS) is 17.1. The van der Waals surface area contributed by atoms with Crippen LogP contribution in [0.15, 0.2) is 17.5 Å². The van der Waals surface area contributed by atoms with Crippen molar-refractivity contribution in [2.24, 2.45) is 5.92 Å². The van der Waals surface area contributed by atoms with Gasteiger partial charge in [0.15, 0.2) is 0 Å². The quantitative estimate of drug-likeness (QED) is 0.876. The van der Waals surface area contributed by atoms with Gasteiger partial charge < -0.3 is 15.3 Å². The summed E-state index contributed by atoms with van der Waals surface area (Å²) in [4.78, 5) is 25.2. The zero-order chi connectivity index (χ0) is 13.1. The Bertz CT molecular complexity index is 427. The van der Waals surface area contributed by atoms with E-state index in [1.165, 1.54) is 4.90 Å². The maximum absolute atomic E-state index is 11.9. The zero-order valence-electron chi connectivity index (χ0n) is 10.1. The molecule has 98 valence electrons. The van der Waals surface area contributed by atoms with Crippen LogP contribution in [-0.2, 0) is 4.79 Å². The van der Waals surface area contributed by atoms with Gasteiger partial charge in [0.25, 0.3) is 0 Å². The Kier molecular flexibility index (Phi) is 3.86. The monoisotopic (exact) mass is 268 g/mol. The SMILES string of the molecule is CCC(NC(=O)N1CC(C(=O)O)C1)c1cccs1. The highest BCUT2D eigenvalue weighted by Crippen LogP contribution is 2.23. The van der Waals surface area contributed by atoms with Crippen LogP contribution in [0.2, 0.25) is 0 Å². The third-order valence-corrected chi connectivity index (χ3v) is 4.10. The van der Waals surface area contributed by atoms with Gasteiger partial charge in [0, 0.05) is 18.0 Å². The molecular weight excluding hydrogens is 252 g/mol. The molecule has 1 aromatic rings. The van der Waals surface area contributed by atoms with Gasteiger partial charge in [0.05, 0.1) is 12.0 Å². The molecule has 1 aromatic heterocycles. The number of nitrogens with one attached hydrogen (secondary N) is 1. The van der Waals surface area contributed by atoms with E-state index in [0.717, 1.165) is 11.3 Å². The van der Waals surface area contributed by atoms with Crippen molar-refractivity contribution in [2.75, 3.05) is 13.1 Å². The Morgan fingerprint density at radius 3 is 2.83 bits per heavy atom. The lowest BCUT2D eigenvalue weighted by molar-refractivity contribution is -0.146. The lowest BCUT2D eigenvalue weighted by Gasteiger charge is -2.37. The van der Waals surface area contributed by atoms with E-state index in [-0.39, 0.29) is 12.1 Å². The lowest BCUT2D eigenvalue weighted by atomic mass is 10.0. The number of thiophene rings is 1. The molecule has 1 fully saturated rings. The highest BCUT2D eigenvalue weighted by Gasteiger charge is 2.36. The van der Waals surface area contributed by atoms with Crippen LogP contribution in [0, 0.1) is 5.92 Å². The van der Waals surface area contributed by atoms with E-state index < -0.39 is 11.9 Å². The molecule has 18 heavy (non-hydrogen) atoms. The molecule has 1 unspecified atom stereocenters. The number of rotatable bonds is 4. The number of nitrogens with zero attached hydrogens (tertiary/aromatic N) is 1. The van der Waals surface area contributed by atoms with Gasteiger partial charge >= 0.3 is 12.0 Å². The van der Waals surface area contributed by atoms with Crippen LogP contribution in [0.3, 0.4) is 0 Å². The molecule has 0 bridgehead atoms. The van der Waals surface area contributed by atoms with Gasteiger partial charge in [-0.1, -0.05) is 13.0 Å². The van der Waals surface area contributed by atoms with Crippen molar-refractivity contribution in [3.63, 3.8) is 0 Å². The third-order valence-electron chi connectivity index (χ3n) is 3.11. The summed E-state index contributed by atoms with van der Waals surface area (Å²) in [6.45, 7) is 2.63. The number of carboxylic acids is 1. The van der Waals surface area contributed by atoms with Crippen molar-refractivity contribution in [3.05, 3.63) is 22.4 Å². The van der Waals surface area contributed by atoms with Crippen LogP contribution < -0.4 is 5.32 Å². The smallest absolute Gasteiger partial charge is 0.317 e. The highest BCUT2D eigenvalue weighted by molar-refractivity contribution is 7.10. The number of carboxylic acid groups (broad SMARTS) is 1. The Hall–Kier alpha value is -1.56. The molecule has 2 heterocycles. The molecule has 0 saturated carbocycles. The molecule has 0 radical (unpaired) electrons. The molecule has 0 aromatic carbocycles. The predicted molar refractivity (Wildman–Crippen MR) is 68.6 cm³/mol. The molecule has 2 rings (SSSR count). The Balaban J connectivity index is 1.86. The number of hydrogen-bond acceptors (Lipinski definition) is 3. The molecule has 0 aliphatic carbocycles. The van der Waals surface area contributed by atoms with E-state index in [0.29, 0.717) is 13.1 Å². The van der Waals surface area contributed by atoms with Gasteiger partial charge in [-0.3, -0.25) is 4.79 Å². The van der Waals surface area contributed by atoms with Crippen molar-refractivity contribution < 1.29 is 14.7 Å². The number of amides is 2. The average Bonchev–Trinajstić information content (AvgIpc) is 2.76. The average molecular weight is 268 g/mol. The van der Waals surface area contributed by atoms with Crippen molar-refractivity contribution in [2.45, 2.75) is 19.4 Å². The molecule has 6 heteroatoms. The molecule has 1 atom stereocenters. The number of carbonyl (C=O) groups is 2. The minimum absolute atomic E-state index is 0.0152. The number of hydrogen-bond donors (Lipinski definition) is 2. The molecule has 2 amide bonds. The first kappa shape index (κ1) is 12.9. The summed E-state index contributed by atoms with van der Waals surface area (Å²) in [7, 11) is 0. The van der Waals surface area contributed by atoms with E-state index in [4.69, 9.17) is 5.11 Å². The minimum atomic E-state index is -0.829. The Morgan fingerprint density at radius 1 is 1.61 bits per heavy atom. The zero-order valence-corrected chi connectivity index (χ0v) is 10.9. The number of likely N-dealkylation sites (tertiary alicyclic amines) is 1. The van der Waals surface area contributed by atoms with Crippen molar-refractivity contribution in [1.29, 1.82) is 0 Å². The second-order valence-corrected chi connectivity index (χ2v) is 5.35. The van der Waals surface area contributed by atoms with E-state index in [1.54, 1.807) is 11.3 Å². The van der Waals surface area contributed by atoms with Crippen molar-refractivity contribution in [1.82, 2.24) is 10.2 Å². The van der Waals surface area contributed by atoms with Gasteiger partial charge in [0.2, 0.25) is 0 Å². The minimum Gasteiger partial charge on any atom is -0.481 e. The molecule has 0 spiro atoms. The van der Waals surface area contributed by atoms with Gasteiger partial charge in [-0.2, -0.15) is 0 Å². The standard InChI is InChI=1S/C12H16N2O3S/c1-2-9(10-4-3-5-18-10)13-12(17)14-6-8(7-14)11(15)16/h3-5,8-9H,2,6-7H2,1H3,(H,13,17)(H,15,16). The molecule has 1 aliphatic heterocycles. The number of carbonyl (C=O) groups excluding carboxylic acids is 1. The van der Waals surface area contributed by atoms with Crippen LogP contribution >= 0.6 is 11.3 Å². The van der Waals surface area contributed by atoms with E-state index in [9.17, 15) is 9.59 Å². The number of urea groups is 1. The molecule has 2 N–H and O–H groups in total. The van der Waals surface area contributed by atoms with Crippen LogP contribution in [0.5, 0.6) is 0 Å². The van der Waals surface area contributed by atoms with Crippen LogP contribution in [-0.4, -0.2) is 35.1 Å². The van der Waals surface area contributed by atoms with Gasteiger partial charge in [-0.15, -0.1) is 11.3 Å². The Morgan fingerprint density at radius 2 is 2.33 bits per heavy atom. The fourth-order valence-corrected chi connectivity index (χ4v) is 2.77. The summed E-state index contributed by atoms with van der Waals surface area (Å²) in [5.74, 6) is -1.23. The highest BCUT2D eigenvalue weighted by atomic mass is 32.1. The van der Waals surface area contributed by atoms with Crippen LogP contribution in [0.1, 0.15) is 24.3 Å². The largest absolute Gasteiger partial charge is 0.481 e. The summed E-state index contributed by atoms with van der Waals surface area (Å²) in [5, 5.41) is 13.7. The summed E-state index contributed by atoms with van der Waals surface area (Å²) in [6, 6.07) is 3.79. The van der Waals surface area contributed by atoms with Crippen LogP contribution in [0.4, 0.5) is 4.79 Å². The van der Waals surface area contributed by atoms with Crippen molar-refractivity contribution in [3.8, 4) is 0 Å². The second-order valence-electron chi connectivity index (χ2n) is 4.37. The molecular formula is C12H16N2O3S. The maximum atomic E-state index is 11.9. The number of aliphatic carboxylic acids is 1. The lowest BCUT2D eigenvalue weighted by Crippen LogP contribution is -2.56. The van der Waals surface area contributed by atoms with E-state index in [1.807, 2.05) is 24.4 Å². The van der Waals surface area contributed by atoms with Gasteiger partial charge in [-0.25, -0.2) is 4.79 Å². The predicted octanol–water partition coefficient (Wildman–Crippen LogP) is 1.93. The molecule has 5 nitrogen and oxygen atoms in total. The molecule has 1 saturated heterocycles. The van der Waals surface area contributed by atoms with E-state index >= 15 is 0 Å². The topological polar surface area (TPSA) is 69.6 Å². The summed E-state index contributed by atoms with van der Waals surface area (Å²) >= 11 is 1.61. The van der Waals surface area contributed by atoms with Gasteiger partial charge in [0.1, 0.15) is 0 Å². The fraction of sp³-hybridized carbons (Fsp3) is 0.500. The summed E-state index contributed by atoms with van der Waals surface area (Å²) in [5.41, 5.74) is 0. The second kappa shape index (κ2) is 5.39. The van der Waals surface area contributed by atoms with E-state index in [2.05, 4.69) is 5.32 Å². The summed E-state index contributed by atoms with van der Waals surface area (Å²) in [6.07, 6.45) is 0.822. The fourth-order valence-electron chi connectivity index (χ4n) is 1.90. The third kappa shape index (κ3) is 2.64. The first-order chi connectivity index (χ1) is 8.61. The van der Waals surface area contributed by atoms with Crippen LogP contribution in [0.25, 0.3) is 0 Å². The van der Waals surface area contributed by atoms with Gasteiger partial charge in [-0.05, 0) is 17.9 Å². The maximum Gasteiger partial charge on any atom is 0.317 e.